The van der Waals surface area contributed by atoms with Crippen LogP contribution in [0.4, 0.5) is 8.78 Å². The lowest BCUT2D eigenvalue weighted by atomic mass is 9.90. The van der Waals surface area contributed by atoms with Gasteiger partial charge in [-0.1, -0.05) is 67.4 Å². The number of imidazole rings is 1. The van der Waals surface area contributed by atoms with Gasteiger partial charge in [-0.3, -0.25) is 14.3 Å². The van der Waals surface area contributed by atoms with Gasteiger partial charge in [0.15, 0.2) is 5.65 Å². The fraction of sp³-hybridized carbons (Fsp3) is 0.207. The van der Waals surface area contributed by atoms with Crippen LogP contribution in [0.25, 0.3) is 22.3 Å². The number of nitrogens with two attached hydrogens (primary N) is 1. The summed E-state index contributed by atoms with van der Waals surface area (Å²) in [6.07, 6.45) is 1.63. The lowest BCUT2D eigenvalue weighted by molar-refractivity contribution is 0.596. The van der Waals surface area contributed by atoms with Gasteiger partial charge in [0, 0.05) is 18.0 Å². The number of aromatic amines is 2. The second kappa shape index (κ2) is 11.6. The maximum Gasteiger partial charge on any atom is 0.330 e. The largest absolute Gasteiger partial charge is 0.336 e. The molecule has 5 aromatic rings. The summed E-state index contributed by atoms with van der Waals surface area (Å²) in [5.41, 5.74) is 0.285. The summed E-state index contributed by atoms with van der Waals surface area (Å²) in [5, 5.41) is 4.96. The Morgan fingerprint density at radius 3 is 2.38 bits per heavy atom. The van der Waals surface area contributed by atoms with E-state index in [-0.39, 0.29) is 33.6 Å². The highest BCUT2D eigenvalue weighted by Gasteiger charge is 2.25. The van der Waals surface area contributed by atoms with Gasteiger partial charge < -0.3 is 4.98 Å². The minimum atomic E-state index is -4.24. The minimum absolute atomic E-state index is 0.0911. The zero-order valence-electron chi connectivity index (χ0n) is 22.3. The first-order valence-electron chi connectivity index (χ1n) is 13.1. The molecule has 1 atom stereocenters. The smallest absolute Gasteiger partial charge is 0.330 e. The van der Waals surface area contributed by atoms with Crippen molar-refractivity contribution in [3.8, 4) is 11.1 Å². The average Bonchev–Trinajstić information content (AvgIpc) is 3.39. The molecule has 9 nitrogen and oxygen atoms in total. The van der Waals surface area contributed by atoms with Crippen molar-refractivity contribution in [3.63, 3.8) is 0 Å². The van der Waals surface area contributed by atoms with Crippen molar-refractivity contribution in [3.05, 3.63) is 115 Å². The van der Waals surface area contributed by atoms with Crippen molar-refractivity contribution < 1.29 is 17.2 Å². The molecule has 5 rings (SSSR count). The minimum Gasteiger partial charge on any atom is -0.336 e. The molecule has 0 saturated heterocycles. The van der Waals surface area contributed by atoms with E-state index in [1.807, 2.05) is 6.92 Å². The molecule has 0 aliphatic carbocycles. The Morgan fingerprint density at radius 2 is 1.71 bits per heavy atom. The van der Waals surface area contributed by atoms with Crippen LogP contribution in [0.1, 0.15) is 42.6 Å². The fourth-order valence-corrected chi connectivity index (χ4v) is 6.02. The molecule has 13 heteroatoms. The molecule has 42 heavy (non-hydrogen) atoms. The van der Waals surface area contributed by atoms with E-state index in [9.17, 15) is 26.8 Å². The SMILES string of the molecule is CCCCn1c(=O)[nH]c(=O)c2[nH]c(C(Cc3ccccc3F)c3ccc(-c4c(S(N)(=O)=O)ccc(F)c4Cl)cc3)nc21. The van der Waals surface area contributed by atoms with Crippen LogP contribution in [-0.2, 0) is 23.0 Å². The molecule has 4 N–H and O–H groups in total. The summed E-state index contributed by atoms with van der Waals surface area (Å²) in [6, 6.07) is 14.6. The van der Waals surface area contributed by atoms with Gasteiger partial charge in [-0.2, -0.15) is 0 Å². The van der Waals surface area contributed by atoms with E-state index in [2.05, 4.69) is 15.0 Å². The number of benzene rings is 3. The van der Waals surface area contributed by atoms with Crippen LogP contribution < -0.4 is 16.4 Å². The summed E-state index contributed by atoms with van der Waals surface area (Å²) in [4.78, 5) is 34.9. The first-order valence-corrected chi connectivity index (χ1v) is 15.0. The van der Waals surface area contributed by atoms with Gasteiger partial charge in [-0.05, 0) is 47.7 Å². The first-order chi connectivity index (χ1) is 20.0. The molecule has 0 amide bonds. The lowest BCUT2D eigenvalue weighted by Crippen LogP contribution is -2.30. The molecule has 0 aliphatic heterocycles. The number of nitrogens with one attached hydrogen (secondary N) is 2. The van der Waals surface area contributed by atoms with Crippen LogP contribution in [0.5, 0.6) is 0 Å². The summed E-state index contributed by atoms with van der Waals surface area (Å²) in [6.45, 7) is 2.32. The predicted molar refractivity (Wildman–Crippen MR) is 156 cm³/mol. The third-order valence-electron chi connectivity index (χ3n) is 7.06. The molecular weight excluding hydrogens is 588 g/mol. The van der Waals surface area contributed by atoms with Crippen LogP contribution in [0.2, 0.25) is 5.02 Å². The molecule has 0 radical (unpaired) electrons. The topological polar surface area (TPSA) is 144 Å². The van der Waals surface area contributed by atoms with Gasteiger partial charge in [0.1, 0.15) is 23.0 Å². The summed E-state index contributed by atoms with van der Waals surface area (Å²) in [7, 11) is -4.24. The highest BCUT2D eigenvalue weighted by molar-refractivity contribution is 7.89. The summed E-state index contributed by atoms with van der Waals surface area (Å²) >= 11 is 6.17. The van der Waals surface area contributed by atoms with E-state index in [1.165, 1.54) is 10.6 Å². The van der Waals surface area contributed by atoms with E-state index in [0.717, 1.165) is 18.6 Å². The summed E-state index contributed by atoms with van der Waals surface area (Å²) in [5.74, 6) is -1.56. The third kappa shape index (κ3) is 5.65. The van der Waals surface area contributed by atoms with Crippen molar-refractivity contribution >= 4 is 32.8 Å². The standard InChI is InChI=1S/C29H26ClF2N5O4S/c1-2-3-14-37-27-25(28(38)36-29(37)39)34-26(35-27)19(15-18-6-4-5-7-20(18)31)16-8-10-17(11-9-16)23-22(42(33,40)41)13-12-21(32)24(23)30/h4-13,19H,2-3,14-15H2,1H3,(H,34,35)(H2,33,40,41)(H,36,38,39). The van der Waals surface area contributed by atoms with E-state index >= 15 is 0 Å². The number of hydrogen-bond donors (Lipinski definition) is 3. The van der Waals surface area contributed by atoms with Crippen molar-refractivity contribution in [1.82, 2.24) is 19.5 Å². The molecule has 0 fully saturated rings. The highest BCUT2D eigenvalue weighted by Crippen LogP contribution is 2.37. The number of H-pyrrole nitrogens is 2. The van der Waals surface area contributed by atoms with Gasteiger partial charge in [-0.25, -0.2) is 32.1 Å². The van der Waals surface area contributed by atoms with Crippen LogP contribution in [-0.4, -0.2) is 27.9 Å². The molecule has 2 aromatic heterocycles. The molecule has 1 unspecified atom stereocenters. The van der Waals surface area contributed by atoms with Gasteiger partial charge in [0.2, 0.25) is 10.0 Å². The van der Waals surface area contributed by atoms with E-state index < -0.39 is 43.8 Å². The Kier molecular flexibility index (Phi) is 8.13. The maximum absolute atomic E-state index is 14.8. The zero-order chi connectivity index (χ0) is 30.2. The van der Waals surface area contributed by atoms with Crippen LogP contribution in [0, 0.1) is 11.6 Å². The number of sulfonamides is 1. The van der Waals surface area contributed by atoms with Gasteiger partial charge in [0.25, 0.3) is 5.56 Å². The molecule has 3 aromatic carbocycles. The third-order valence-corrected chi connectivity index (χ3v) is 8.39. The Morgan fingerprint density at radius 1 is 1.00 bits per heavy atom. The highest BCUT2D eigenvalue weighted by atomic mass is 35.5. The monoisotopic (exact) mass is 613 g/mol. The second-order valence-corrected chi connectivity index (χ2v) is 11.7. The predicted octanol–water partition coefficient (Wildman–Crippen LogP) is 4.83. The zero-order valence-corrected chi connectivity index (χ0v) is 23.9. The normalized spacial score (nSPS) is 12.6. The number of primary sulfonamides is 1. The Labute approximate surface area is 244 Å². The second-order valence-electron chi connectivity index (χ2n) is 9.83. The van der Waals surface area contributed by atoms with E-state index in [1.54, 1.807) is 42.5 Å². The molecule has 0 bridgehead atoms. The van der Waals surface area contributed by atoms with E-state index in [4.69, 9.17) is 16.7 Å². The number of aromatic nitrogens is 4. The average molecular weight is 614 g/mol. The van der Waals surface area contributed by atoms with Crippen molar-refractivity contribution in [2.75, 3.05) is 0 Å². The fourth-order valence-electron chi connectivity index (χ4n) is 4.92. The molecule has 0 saturated carbocycles. The van der Waals surface area contributed by atoms with Crippen molar-refractivity contribution in [2.45, 2.75) is 43.5 Å². The van der Waals surface area contributed by atoms with Crippen LogP contribution >= 0.6 is 11.6 Å². The first kappa shape index (κ1) is 29.4. The number of fused-ring (bicyclic) bond motifs is 1. The van der Waals surface area contributed by atoms with Crippen LogP contribution in [0.3, 0.4) is 0 Å². The molecule has 0 spiro atoms. The lowest BCUT2D eigenvalue weighted by Gasteiger charge is -2.17. The van der Waals surface area contributed by atoms with Gasteiger partial charge in [0.05, 0.1) is 9.92 Å². The number of halogens is 3. The number of nitrogens with zero attached hydrogens (tertiary/aromatic N) is 2. The molecule has 2 heterocycles. The van der Waals surface area contributed by atoms with Gasteiger partial charge in [-0.15, -0.1) is 0 Å². The molecular formula is C29H26ClF2N5O4S. The Hall–Kier alpha value is -4.13. The number of hydrogen-bond acceptors (Lipinski definition) is 5. The summed E-state index contributed by atoms with van der Waals surface area (Å²) < 4.78 is 54.9. The van der Waals surface area contributed by atoms with E-state index in [0.29, 0.717) is 29.9 Å². The molecule has 218 valence electrons. The molecule has 0 aliphatic rings. The maximum atomic E-state index is 14.8. The quantitative estimate of drug-likeness (QED) is 0.218. The van der Waals surface area contributed by atoms with Crippen LogP contribution in [0.15, 0.2) is 75.1 Å². The Bertz CT molecular complexity index is 2020. The number of aryl methyl sites for hydroxylation is 1. The Balaban J connectivity index is 1.66. The van der Waals surface area contributed by atoms with Crippen molar-refractivity contribution in [2.24, 2.45) is 5.14 Å². The van der Waals surface area contributed by atoms with Crippen molar-refractivity contribution in [1.29, 1.82) is 0 Å². The number of rotatable bonds is 9. The number of unbranched alkanes of at least 4 members (excludes halogenated alkanes) is 1. The van der Waals surface area contributed by atoms with Gasteiger partial charge >= 0.3 is 5.69 Å².